The number of rotatable bonds is 5. The molecule has 4 nitrogen and oxygen atoms in total. The third kappa shape index (κ3) is 4.48. The minimum atomic E-state index is 0.318. The Morgan fingerprint density at radius 2 is 1.95 bits per heavy atom. The van der Waals surface area contributed by atoms with Crippen LogP contribution in [0.3, 0.4) is 0 Å². The predicted molar refractivity (Wildman–Crippen MR) is 89.9 cm³/mol. The molecular formula is C15H18Cl2N4. The lowest BCUT2D eigenvalue weighted by atomic mass is 10.3. The van der Waals surface area contributed by atoms with Gasteiger partial charge in [0.05, 0.1) is 10.7 Å². The van der Waals surface area contributed by atoms with Gasteiger partial charge in [0.2, 0.25) is 5.95 Å². The Balaban J connectivity index is 2.23. The van der Waals surface area contributed by atoms with Crippen molar-refractivity contribution in [1.82, 2.24) is 9.97 Å². The van der Waals surface area contributed by atoms with E-state index in [0.29, 0.717) is 27.9 Å². The van der Waals surface area contributed by atoms with Crippen molar-refractivity contribution in [3.05, 3.63) is 40.0 Å². The van der Waals surface area contributed by atoms with Crippen molar-refractivity contribution in [2.75, 3.05) is 10.6 Å². The summed E-state index contributed by atoms with van der Waals surface area (Å²) in [6.07, 6.45) is 1.00. The molecule has 6 heteroatoms. The summed E-state index contributed by atoms with van der Waals surface area (Å²) >= 11 is 12.1. The quantitative estimate of drug-likeness (QED) is 0.808. The van der Waals surface area contributed by atoms with Gasteiger partial charge in [-0.15, -0.1) is 0 Å². The second-order valence-corrected chi connectivity index (χ2v) is 5.76. The van der Waals surface area contributed by atoms with Crippen molar-refractivity contribution < 1.29 is 0 Å². The van der Waals surface area contributed by atoms with E-state index >= 15 is 0 Å². The molecule has 1 heterocycles. The second-order valence-electron chi connectivity index (χ2n) is 4.92. The molecule has 1 aromatic heterocycles. The van der Waals surface area contributed by atoms with Crippen LogP contribution in [-0.2, 0) is 0 Å². The number of nitrogens with zero attached hydrogens (tertiary/aromatic N) is 2. The van der Waals surface area contributed by atoms with Gasteiger partial charge in [0.15, 0.2) is 0 Å². The Morgan fingerprint density at radius 1 is 1.19 bits per heavy atom. The highest BCUT2D eigenvalue weighted by Crippen LogP contribution is 2.28. The Hall–Kier alpha value is -1.52. The SMILES string of the molecule is CCC(C)Nc1nc(C)cc(Nc2ccc(Cl)cc2Cl)n1. The van der Waals surface area contributed by atoms with Crippen LogP contribution in [0.15, 0.2) is 24.3 Å². The molecule has 0 aliphatic rings. The zero-order chi connectivity index (χ0) is 15.4. The van der Waals surface area contributed by atoms with E-state index in [4.69, 9.17) is 23.2 Å². The highest BCUT2D eigenvalue weighted by molar-refractivity contribution is 6.36. The maximum atomic E-state index is 6.16. The molecule has 0 fully saturated rings. The van der Waals surface area contributed by atoms with Crippen LogP contribution in [-0.4, -0.2) is 16.0 Å². The fourth-order valence-corrected chi connectivity index (χ4v) is 2.20. The summed E-state index contributed by atoms with van der Waals surface area (Å²) < 4.78 is 0. The van der Waals surface area contributed by atoms with Crippen LogP contribution >= 0.6 is 23.2 Å². The van der Waals surface area contributed by atoms with Gasteiger partial charge >= 0.3 is 0 Å². The molecule has 1 aromatic carbocycles. The number of halogens is 2. The molecule has 1 unspecified atom stereocenters. The van der Waals surface area contributed by atoms with Crippen LogP contribution in [0, 0.1) is 6.92 Å². The molecule has 0 aliphatic heterocycles. The fourth-order valence-electron chi connectivity index (χ4n) is 1.75. The Kier molecular flexibility index (Phi) is 5.26. The number of aromatic nitrogens is 2. The summed E-state index contributed by atoms with van der Waals surface area (Å²) in [7, 11) is 0. The molecule has 0 radical (unpaired) electrons. The number of hydrogen-bond donors (Lipinski definition) is 2. The van der Waals surface area contributed by atoms with Crippen molar-refractivity contribution in [3.8, 4) is 0 Å². The van der Waals surface area contributed by atoms with Crippen molar-refractivity contribution >= 4 is 40.7 Å². The average molecular weight is 325 g/mol. The first-order valence-corrected chi connectivity index (χ1v) is 7.58. The third-order valence-electron chi connectivity index (χ3n) is 3.04. The molecule has 0 amide bonds. The fraction of sp³-hybridized carbons (Fsp3) is 0.333. The lowest BCUT2D eigenvalue weighted by Crippen LogP contribution is -2.16. The van der Waals surface area contributed by atoms with Gasteiger partial charge in [0.25, 0.3) is 0 Å². The molecular weight excluding hydrogens is 307 g/mol. The minimum Gasteiger partial charge on any atom is -0.352 e. The summed E-state index contributed by atoms with van der Waals surface area (Å²) in [4.78, 5) is 8.84. The van der Waals surface area contributed by atoms with Crippen LogP contribution in [0.2, 0.25) is 10.0 Å². The molecule has 0 saturated carbocycles. The Labute approximate surface area is 134 Å². The molecule has 0 aliphatic carbocycles. The monoisotopic (exact) mass is 324 g/mol. The topological polar surface area (TPSA) is 49.8 Å². The van der Waals surface area contributed by atoms with Gasteiger partial charge in [-0.2, -0.15) is 4.98 Å². The van der Waals surface area contributed by atoms with E-state index in [9.17, 15) is 0 Å². The maximum Gasteiger partial charge on any atom is 0.225 e. The van der Waals surface area contributed by atoms with E-state index in [1.54, 1.807) is 12.1 Å². The standard InChI is InChI=1S/C15H18Cl2N4/c1-4-9(2)18-15-19-10(3)7-14(21-15)20-13-6-5-11(16)8-12(13)17/h5-9H,4H2,1-3H3,(H2,18,19,20,21). The second kappa shape index (κ2) is 6.96. The zero-order valence-electron chi connectivity index (χ0n) is 12.2. The molecule has 2 N–H and O–H groups in total. The molecule has 2 rings (SSSR count). The maximum absolute atomic E-state index is 6.16. The highest BCUT2D eigenvalue weighted by atomic mass is 35.5. The van der Waals surface area contributed by atoms with Crippen LogP contribution in [0.4, 0.5) is 17.5 Å². The zero-order valence-corrected chi connectivity index (χ0v) is 13.8. The lowest BCUT2D eigenvalue weighted by molar-refractivity contribution is 0.752. The van der Waals surface area contributed by atoms with E-state index in [2.05, 4.69) is 34.4 Å². The number of aryl methyl sites for hydroxylation is 1. The van der Waals surface area contributed by atoms with Gasteiger partial charge in [-0.25, -0.2) is 4.98 Å². The molecule has 112 valence electrons. The van der Waals surface area contributed by atoms with Gasteiger partial charge in [-0.3, -0.25) is 0 Å². The number of nitrogens with one attached hydrogen (secondary N) is 2. The molecule has 2 aromatic rings. The summed E-state index contributed by atoms with van der Waals surface area (Å²) in [5.74, 6) is 1.30. The van der Waals surface area contributed by atoms with Crippen molar-refractivity contribution in [3.63, 3.8) is 0 Å². The van der Waals surface area contributed by atoms with E-state index in [1.165, 1.54) is 0 Å². The molecule has 0 spiro atoms. The van der Waals surface area contributed by atoms with E-state index < -0.39 is 0 Å². The molecule has 0 saturated heterocycles. The average Bonchev–Trinajstić information content (AvgIpc) is 2.41. The number of hydrogen-bond acceptors (Lipinski definition) is 4. The van der Waals surface area contributed by atoms with Gasteiger partial charge in [0.1, 0.15) is 5.82 Å². The first kappa shape index (κ1) is 15.9. The summed E-state index contributed by atoms with van der Waals surface area (Å²) in [6, 6.07) is 7.48. The third-order valence-corrected chi connectivity index (χ3v) is 3.58. The van der Waals surface area contributed by atoms with Crippen molar-refractivity contribution in [2.24, 2.45) is 0 Å². The minimum absolute atomic E-state index is 0.318. The first-order chi connectivity index (χ1) is 9.97. The van der Waals surface area contributed by atoms with Crippen LogP contribution in [0.25, 0.3) is 0 Å². The number of benzene rings is 1. The highest BCUT2D eigenvalue weighted by Gasteiger charge is 2.07. The Morgan fingerprint density at radius 3 is 2.62 bits per heavy atom. The van der Waals surface area contributed by atoms with Gasteiger partial charge < -0.3 is 10.6 Å². The van der Waals surface area contributed by atoms with Gasteiger partial charge in [0, 0.05) is 22.8 Å². The van der Waals surface area contributed by atoms with Crippen LogP contribution < -0.4 is 10.6 Å². The van der Waals surface area contributed by atoms with E-state index in [1.807, 2.05) is 19.1 Å². The van der Waals surface area contributed by atoms with Gasteiger partial charge in [-0.1, -0.05) is 30.1 Å². The molecule has 21 heavy (non-hydrogen) atoms. The predicted octanol–water partition coefficient (Wildman–Crippen LogP) is 5.05. The van der Waals surface area contributed by atoms with Gasteiger partial charge in [-0.05, 0) is 38.5 Å². The first-order valence-electron chi connectivity index (χ1n) is 6.82. The van der Waals surface area contributed by atoms with Crippen LogP contribution in [0.5, 0.6) is 0 Å². The largest absolute Gasteiger partial charge is 0.352 e. The van der Waals surface area contributed by atoms with Crippen molar-refractivity contribution in [1.29, 1.82) is 0 Å². The summed E-state index contributed by atoms with van der Waals surface area (Å²) in [5.41, 5.74) is 1.64. The lowest BCUT2D eigenvalue weighted by Gasteiger charge is -2.14. The Bertz CT molecular complexity index is 631. The van der Waals surface area contributed by atoms with Crippen LogP contribution in [0.1, 0.15) is 26.0 Å². The van der Waals surface area contributed by atoms with E-state index in [-0.39, 0.29) is 0 Å². The van der Waals surface area contributed by atoms with Crippen molar-refractivity contribution in [2.45, 2.75) is 33.2 Å². The summed E-state index contributed by atoms with van der Waals surface area (Å²) in [5, 5.41) is 7.61. The normalized spacial score (nSPS) is 12.0. The van der Waals surface area contributed by atoms with E-state index in [0.717, 1.165) is 17.8 Å². The smallest absolute Gasteiger partial charge is 0.225 e. The molecule has 0 bridgehead atoms. The number of anilines is 3. The molecule has 1 atom stereocenters. The summed E-state index contributed by atoms with van der Waals surface area (Å²) in [6.45, 7) is 6.13.